The topological polar surface area (TPSA) is 26.2 Å². The van der Waals surface area contributed by atoms with Gasteiger partial charge >= 0.3 is 0 Å². The summed E-state index contributed by atoms with van der Waals surface area (Å²) < 4.78 is 7.65. The molecule has 1 aromatic heterocycles. The van der Waals surface area contributed by atoms with Gasteiger partial charge in [-0.15, -0.1) is 0 Å². The quantitative estimate of drug-likeness (QED) is 0.794. The molecule has 1 N–H and O–H groups in total. The van der Waals surface area contributed by atoms with E-state index in [0.29, 0.717) is 6.04 Å². The number of nitrogens with one attached hydrogen (secondary N) is 1. The van der Waals surface area contributed by atoms with Gasteiger partial charge in [0.25, 0.3) is 0 Å². The molecule has 3 heteroatoms. The summed E-state index contributed by atoms with van der Waals surface area (Å²) in [6, 6.07) is 10.9. The zero-order chi connectivity index (χ0) is 15.1. The van der Waals surface area contributed by atoms with Crippen LogP contribution in [0.5, 0.6) is 5.75 Å². The smallest absolute Gasteiger partial charge is 0.123 e. The molecule has 0 aliphatic rings. The Morgan fingerprint density at radius 2 is 2.00 bits per heavy atom. The molecule has 0 aliphatic heterocycles. The van der Waals surface area contributed by atoms with Crippen molar-refractivity contribution in [1.82, 2.24) is 9.88 Å². The standard InChI is InChI=1S/C18H26N2O/c1-4-11-19-17(5-2)15-10-12-20(13-15)14-16-8-6-7-9-18(16)21-3/h6-10,12-13,17,19H,4-5,11,14H2,1-3H3. The highest BCUT2D eigenvalue weighted by Gasteiger charge is 2.10. The first kappa shape index (κ1) is 15.6. The molecule has 0 fully saturated rings. The summed E-state index contributed by atoms with van der Waals surface area (Å²) in [4.78, 5) is 0. The molecule has 0 spiro atoms. The Balaban J connectivity index is 2.08. The van der Waals surface area contributed by atoms with Crippen LogP contribution in [0.3, 0.4) is 0 Å². The summed E-state index contributed by atoms with van der Waals surface area (Å²) in [6.45, 7) is 6.34. The molecule has 0 radical (unpaired) electrons. The first-order valence-corrected chi connectivity index (χ1v) is 7.79. The highest BCUT2D eigenvalue weighted by atomic mass is 16.5. The monoisotopic (exact) mass is 286 g/mol. The van der Waals surface area contributed by atoms with Crippen LogP contribution in [0.4, 0.5) is 0 Å². The van der Waals surface area contributed by atoms with Crippen LogP contribution in [-0.2, 0) is 6.54 Å². The molecule has 21 heavy (non-hydrogen) atoms. The van der Waals surface area contributed by atoms with E-state index in [1.165, 1.54) is 17.5 Å². The van der Waals surface area contributed by atoms with Crippen molar-refractivity contribution < 1.29 is 4.74 Å². The number of nitrogens with zero attached hydrogens (tertiary/aromatic N) is 1. The Bertz CT molecular complexity index is 548. The van der Waals surface area contributed by atoms with Crippen molar-refractivity contribution >= 4 is 0 Å². The predicted molar refractivity (Wildman–Crippen MR) is 87.9 cm³/mol. The van der Waals surface area contributed by atoms with Crippen LogP contribution in [0.15, 0.2) is 42.7 Å². The minimum atomic E-state index is 0.448. The SMILES string of the molecule is CCCNC(CC)c1ccn(Cc2ccccc2OC)c1. The van der Waals surface area contributed by atoms with Crippen LogP contribution in [0, 0.1) is 0 Å². The zero-order valence-corrected chi connectivity index (χ0v) is 13.3. The molecule has 1 atom stereocenters. The average Bonchev–Trinajstić information content (AvgIpc) is 2.97. The van der Waals surface area contributed by atoms with E-state index in [-0.39, 0.29) is 0 Å². The molecule has 0 amide bonds. The minimum absolute atomic E-state index is 0.448. The van der Waals surface area contributed by atoms with E-state index in [9.17, 15) is 0 Å². The molecular formula is C18H26N2O. The van der Waals surface area contributed by atoms with Crippen molar-refractivity contribution in [2.24, 2.45) is 0 Å². The second-order valence-corrected chi connectivity index (χ2v) is 5.34. The lowest BCUT2D eigenvalue weighted by Gasteiger charge is -2.15. The second kappa shape index (κ2) is 7.89. The van der Waals surface area contributed by atoms with Crippen molar-refractivity contribution in [3.63, 3.8) is 0 Å². The summed E-state index contributed by atoms with van der Waals surface area (Å²) in [6.07, 6.45) is 6.67. The highest BCUT2D eigenvalue weighted by molar-refractivity contribution is 5.33. The lowest BCUT2D eigenvalue weighted by atomic mass is 10.1. The van der Waals surface area contributed by atoms with Crippen molar-refractivity contribution in [2.45, 2.75) is 39.3 Å². The molecular weight excluding hydrogens is 260 g/mol. The van der Waals surface area contributed by atoms with Gasteiger partial charge < -0.3 is 14.6 Å². The van der Waals surface area contributed by atoms with Crippen LogP contribution in [0.1, 0.15) is 43.9 Å². The van der Waals surface area contributed by atoms with Crippen LogP contribution < -0.4 is 10.1 Å². The number of benzene rings is 1. The Morgan fingerprint density at radius 1 is 1.19 bits per heavy atom. The summed E-state index contributed by atoms with van der Waals surface area (Å²) >= 11 is 0. The summed E-state index contributed by atoms with van der Waals surface area (Å²) in [5.74, 6) is 0.948. The molecule has 2 rings (SSSR count). The molecule has 1 unspecified atom stereocenters. The Morgan fingerprint density at radius 3 is 2.71 bits per heavy atom. The third kappa shape index (κ3) is 4.11. The largest absolute Gasteiger partial charge is 0.496 e. The maximum atomic E-state index is 5.42. The van der Waals surface area contributed by atoms with Crippen LogP contribution in [0.2, 0.25) is 0 Å². The van der Waals surface area contributed by atoms with E-state index >= 15 is 0 Å². The van der Waals surface area contributed by atoms with E-state index in [1.807, 2.05) is 12.1 Å². The van der Waals surface area contributed by atoms with E-state index in [4.69, 9.17) is 4.74 Å². The number of aromatic nitrogens is 1. The van der Waals surface area contributed by atoms with E-state index in [0.717, 1.165) is 25.3 Å². The minimum Gasteiger partial charge on any atom is -0.496 e. The predicted octanol–water partition coefficient (Wildman–Crippen LogP) is 4.00. The van der Waals surface area contributed by atoms with Crippen molar-refractivity contribution in [3.05, 3.63) is 53.9 Å². The van der Waals surface area contributed by atoms with Gasteiger partial charge in [-0.25, -0.2) is 0 Å². The zero-order valence-electron chi connectivity index (χ0n) is 13.3. The molecule has 3 nitrogen and oxygen atoms in total. The number of para-hydroxylation sites is 1. The fraction of sp³-hybridized carbons (Fsp3) is 0.444. The van der Waals surface area contributed by atoms with Crippen molar-refractivity contribution in [2.75, 3.05) is 13.7 Å². The number of hydrogen-bond acceptors (Lipinski definition) is 2. The first-order chi connectivity index (χ1) is 10.3. The lowest BCUT2D eigenvalue weighted by molar-refractivity contribution is 0.408. The number of methoxy groups -OCH3 is 1. The molecule has 114 valence electrons. The number of hydrogen-bond donors (Lipinski definition) is 1. The van der Waals surface area contributed by atoms with Gasteiger partial charge in [0, 0.05) is 24.0 Å². The average molecular weight is 286 g/mol. The van der Waals surface area contributed by atoms with Gasteiger partial charge in [-0.1, -0.05) is 32.0 Å². The maximum Gasteiger partial charge on any atom is 0.123 e. The van der Waals surface area contributed by atoms with Crippen LogP contribution in [-0.4, -0.2) is 18.2 Å². The Labute approximate surface area is 127 Å². The van der Waals surface area contributed by atoms with E-state index in [2.05, 4.69) is 54.3 Å². The first-order valence-electron chi connectivity index (χ1n) is 7.79. The van der Waals surface area contributed by atoms with Crippen molar-refractivity contribution in [3.8, 4) is 5.75 Å². The Kier molecular flexibility index (Phi) is 5.88. The number of ether oxygens (including phenoxy) is 1. The van der Waals surface area contributed by atoms with Crippen molar-refractivity contribution in [1.29, 1.82) is 0 Å². The molecule has 2 aromatic rings. The van der Waals surface area contributed by atoms with Crippen LogP contribution >= 0.6 is 0 Å². The molecule has 1 heterocycles. The van der Waals surface area contributed by atoms with Gasteiger partial charge in [-0.05, 0) is 37.1 Å². The lowest BCUT2D eigenvalue weighted by Crippen LogP contribution is -2.21. The van der Waals surface area contributed by atoms with Gasteiger partial charge in [0.05, 0.1) is 13.7 Å². The van der Waals surface area contributed by atoms with Gasteiger partial charge in [0.15, 0.2) is 0 Å². The fourth-order valence-electron chi connectivity index (χ4n) is 2.61. The maximum absolute atomic E-state index is 5.42. The van der Waals surface area contributed by atoms with Gasteiger partial charge in [0.1, 0.15) is 5.75 Å². The van der Waals surface area contributed by atoms with Gasteiger partial charge in [0.2, 0.25) is 0 Å². The molecule has 0 saturated heterocycles. The number of rotatable bonds is 8. The van der Waals surface area contributed by atoms with E-state index in [1.54, 1.807) is 7.11 Å². The third-order valence-corrected chi connectivity index (χ3v) is 3.77. The summed E-state index contributed by atoms with van der Waals surface area (Å²) in [5, 5.41) is 3.60. The third-order valence-electron chi connectivity index (χ3n) is 3.77. The molecule has 0 saturated carbocycles. The molecule has 0 bridgehead atoms. The van der Waals surface area contributed by atoms with Gasteiger partial charge in [-0.3, -0.25) is 0 Å². The Hall–Kier alpha value is -1.74. The summed E-state index contributed by atoms with van der Waals surface area (Å²) in [5.41, 5.74) is 2.57. The second-order valence-electron chi connectivity index (χ2n) is 5.34. The molecule has 0 aliphatic carbocycles. The highest BCUT2D eigenvalue weighted by Crippen LogP contribution is 2.21. The fourth-order valence-corrected chi connectivity index (χ4v) is 2.61. The van der Waals surface area contributed by atoms with Gasteiger partial charge in [-0.2, -0.15) is 0 Å². The summed E-state index contributed by atoms with van der Waals surface area (Å²) in [7, 11) is 1.72. The normalized spacial score (nSPS) is 12.3. The van der Waals surface area contributed by atoms with E-state index < -0.39 is 0 Å². The van der Waals surface area contributed by atoms with Crippen LogP contribution in [0.25, 0.3) is 0 Å². The molecule has 1 aromatic carbocycles.